The molecule has 138 valence electrons. The minimum atomic E-state index is -0.758. The van der Waals surface area contributed by atoms with E-state index in [1.807, 2.05) is 13.8 Å². The Labute approximate surface area is 148 Å². The molecule has 0 heterocycles. The number of amides is 2. The Morgan fingerprint density at radius 2 is 1.80 bits per heavy atom. The van der Waals surface area contributed by atoms with E-state index < -0.39 is 22.4 Å². The standard InChI is InChI=1S/C18H27N3O4/c1-12(15(22)20-18(5,6)11-17(2,3)4)19-16(23)13-8-7-9-14(10-13)21(24)25/h7-10,12H,11H2,1-6H3,(H,19,23)(H,20,22). The van der Waals surface area contributed by atoms with Crippen LogP contribution in [0.1, 0.15) is 58.3 Å². The first-order valence-corrected chi connectivity index (χ1v) is 8.18. The van der Waals surface area contributed by atoms with E-state index in [0.29, 0.717) is 0 Å². The summed E-state index contributed by atoms with van der Waals surface area (Å²) in [7, 11) is 0. The Morgan fingerprint density at radius 3 is 2.32 bits per heavy atom. The average molecular weight is 349 g/mol. The number of nitro benzene ring substituents is 1. The van der Waals surface area contributed by atoms with Crippen LogP contribution in [-0.4, -0.2) is 28.3 Å². The number of carbonyl (C=O) groups is 2. The van der Waals surface area contributed by atoms with Crippen LogP contribution in [0.15, 0.2) is 24.3 Å². The first-order chi connectivity index (χ1) is 11.3. The fraction of sp³-hybridized carbons (Fsp3) is 0.556. The van der Waals surface area contributed by atoms with Gasteiger partial charge in [-0.15, -0.1) is 0 Å². The molecule has 2 amide bonds. The van der Waals surface area contributed by atoms with Gasteiger partial charge in [-0.25, -0.2) is 0 Å². The Balaban J connectivity index is 2.73. The summed E-state index contributed by atoms with van der Waals surface area (Å²) in [6.45, 7) is 11.7. The van der Waals surface area contributed by atoms with Crippen molar-refractivity contribution in [1.82, 2.24) is 10.6 Å². The summed E-state index contributed by atoms with van der Waals surface area (Å²) in [6.07, 6.45) is 0.775. The summed E-state index contributed by atoms with van der Waals surface area (Å²) in [6, 6.07) is 4.64. The van der Waals surface area contributed by atoms with E-state index in [-0.39, 0.29) is 22.6 Å². The van der Waals surface area contributed by atoms with Crippen LogP contribution in [0.5, 0.6) is 0 Å². The molecule has 2 N–H and O–H groups in total. The van der Waals surface area contributed by atoms with Crippen molar-refractivity contribution in [2.24, 2.45) is 5.41 Å². The van der Waals surface area contributed by atoms with E-state index in [1.54, 1.807) is 6.92 Å². The quantitative estimate of drug-likeness (QED) is 0.609. The normalized spacial score (nSPS) is 13.0. The van der Waals surface area contributed by atoms with Crippen LogP contribution in [0, 0.1) is 15.5 Å². The molecule has 0 aliphatic heterocycles. The van der Waals surface area contributed by atoms with E-state index in [1.165, 1.54) is 24.3 Å². The van der Waals surface area contributed by atoms with E-state index in [4.69, 9.17) is 0 Å². The van der Waals surface area contributed by atoms with Crippen molar-refractivity contribution in [2.45, 2.75) is 59.5 Å². The van der Waals surface area contributed by atoms with Gasteiger partial charge in [0.25, 0.3) is 11.6 Å². The van der Waals surface area contributed by atoms with Gasteiger partial charge in [-0.3, -0.25) is 19.7 Å². The number of carbonyl (C=O) groups excluding carboxylic acids is 2. The van der Waals surface area contributed by atoms with Crippen molar-refractivity contribution in [3.63, 3.8) is 0 Å². The van der Waals surface area contributed by atoms with Gasteiger partial charge in [0.1, 0.15) is 6.04 Å². The third-order valence-electron chi connectivity index (χ3n) is 3.49. The van der Waals surface area contributed by atoms with Crippen LogP contribution in [0.25, 0.3) is 0 Å². The molecule has 0 aromatic heterocycles. The molecule has 0 bridgehead atoms. The monoisotopic (exact) mass is 349 g/mol. The molecule has 1 atom stereocenters. The molecular weight excluding hydrogens is 322 g/mol. The molecule has 0 aliphatic carbocycles. The maximum atomic E-state index is 12.4. The average Bonchev–Trinajstić information content (AvgIpc) is 2.43. The number of non-ortho nitro benzene ring substituents is 1. The van der Waals surface area contributed by atoms with E-state index >= 15 is 0 Å². The van der Waals surface area contributed by atoms with Crippen LogP contribution < -0.4 is 10.6 Å². The second kappa shape index (κ2) is 7.63. The number of benzene rings is 1. The van der Waals surface area contributed by atoms with Gasteiger partial charge < -0.3 is 10.6 Å². The maximum Gasteiger partial charge on any atom is 0.270 e. The molecule has 0 saturated carbocycles. The number of rotatable bonds is 6. The molecule has 0 aliphatic rings. The van der Waals surface area contributed by atoms with Crippen molar-refractivity contribution >= 4 is 17.5 Å². The molecule has 7 nitrogen and oxygen atoms in total. The highest BCUT2D eigenvalue weighted by Gasteiger charge is 2.29. The van der Waals surface area contributed by atoms with E-state index in [0.717, 1.165) is 6.42 Å². The van der Waals surface area contributed by atoms with Crippen LogP contribution in [0.4, 0.5) is 5.69 Å². The van der Waals surface area contributed by atoms with Crippen LogP contribution in [0.3, 0.4) is 0 Å². The number of hydrogen-bond acceptors (Lipinski definition) is 4. The van der Waals surface area contributed by atoms with Crippen LogP contribution in [0.2, 0.25) is 0 Å². The highest BCUT2D eigenvalue weighted by Crippen LogP contribution is 2.26. The van der Waals surface area contributed by atoms with Gasteiger partial charge in [0.15, 0.2) is 0 Å². The van der Waals surface area contributed by atoms with Gasteiger partial charge in [0.05, 0.1) is 4.92 Å². The van der Waals surface area contributed by atoms with E-state index in [9.17, 15) is 19.7 Å². The fourth-order valence-electron chi connectivity index (χ4n) is 2.92. The van der Waals surface area contributed by atoms with Gasteiger partial charge in [-0.2, -0.15) is 0 Å². The van der Waals surface area contributed by atoms with Crippen molar-refractivity contribution in [3.8, 4) is 0 Å². The SMILES string of the molecule is CC(NC(=O)c1cccc([N+](=O)[O-])c1)C(=O)NC(C)(C)CC(C)(C)C. The van der Waals surface area contributed by atoms with Gasteiger partial charge >= 0.3 is 0 Å². The Bertz CT molecular complexity index is 663. The number of nitrogens with one attached hydrogen (secondary N) is 2. The minimum Gasteiger partial charge on any atom is -0.349 e. The Hall–Kier alpha value is -2.44. The van der Waals surface area contributed by atoms with Gasteiger partial charge in [-0.05, 0) is 38.7 Å². The summed E-state index contributed by atoms with van der Waals surface area (Å²) < 4.78 is 0. The Kier molecular flexibility index (Phi) is 6.29. The predicted octanol–water partition coefficient (Wildman–Crippen LogP) is 3.04. The number of nitro groups is 1. The fourth-order valence-corrected chi connectivity index (χ4v) is 2.92. The second-order valence-corrected chi connectivity index (χ2v) is 8.11. The van der Waals surface area contributed by atoms with Gasteiger partial charge in [0, 0.05) is 23.2 Å². The lowest BCUT2D eigenvalue weighted by Gasteiger charge is -2.34. The molecule has 0 fully saturated rings. The topological polar surface area (TPSA) is 101 Å². The zero-order chi connectivity index (χ0) is 19.4. The Morgan fingerprint density at radius 1 is 1.20 bits per heavy atom. The molecule has 25 heavy (non-hydrogen) atoms. The molecule has 7 heteroatoms. The van der Waals surface area contributed by atoms with Gasteiger partial charge in [-0.1, -0.05) is 26.8 Å². The van der Waals surface area contributed by atoms with E-state index in [2.05, 4.69) is 31.4 Å². The maximum absolute atomic E-state index is 12.4. The zero-order valence-corrected chi connectivity index (χ0v) is 15.7. The summed E-state index contributed by atoms with van der Waals surface area (Å²) in [4.78, 5) is 34.8. The highest BCUT2D eigenvalue weighted by molar-refractivity contribution is 5.97. The second-order valence-electron chi connectivity index (χ2n) is 8.11. The molecule has 1 rings (SSSR count). The first kappa shape index (κ1) is 20.6. The lowest BCUT2D eigenvalue weighted by Crippen LogP contribution is -2.53. The third kappa shape index (κ3) is 6.91. The molecule has 1 aromatic rings. The third-order valence-corrected chi connectivity index (χ3v) is 3.49. The highest BCUT2D eigenvalue weighted by atomic mass is 16.6. The molecule has 0 saturated heterocycles. The molecule has 0 spiro atoms. The van der Waals surface area contributed by atoms with Crippen molar-refractivity contribution < 1.29 is 14.5 Å². The van der Waals surface area contributed by atoms with Crippen molar-refractivity contribution in [1.29, 1.82) is 0 Å². The van der Waals surface area contributed by atoms with Crippen LogP contribution >= 0.6 is 0 Å². The smallest absolute Gasteiger partial charge is 0.270 e. The van der Waals surface area contributed by atoms with Crippen molar-refractivity contribution in [2.75, 3.05) is 0 Å². The van der Waals surface area contributed by atoms with Crippen molar-refractivity contribution in [3.05, 3.63) is 39.9 Å². The van der Waals surface area contributed by atoms with Crippen LogP contribution in [-0.2, 0) is 4.79 Å². The molecular formula is C18H27N3O4. The summed E-state index contributed by atoms with van der Waals surface area (Å²) >= 11 is 0. The summed E-state index contributed by atoms with van der Waals surface area (Å²) in [5.41, 5.74) is -0.398. The number of hydrogen-bond donors (Lipinski definition) is 2. The molecule has 1 unspecified atom stereocenters. The molecule has 0 radical (unpaired) electrons. The minimum absolute atomic E-state index is 0.0479. The lowest BCUT2D eigenvalue weighted by atomic mass is 9.81. The first-order valence-electron chi connectivity index (χ1n) is 8.18. The number of nitrogens with zero attached hydrogens (tertiary/aromatic N) is 1. The lowest BCUT2D eigenvalue weighted by molar-refractivity contribution is -0.384. The summed E-state index contributed by atoms with van der Waals surface area (Å²) in [5.74, 6) is -0.826. The molecule has 1 aromatic carbocycles. The largest absolute Gasteiger partial charge is 0.349 e. The predicted molar refractivity (Wildman–Crippen MR) is 96.3 cm³/mol. The van der Waals surface area contributed by atoms with Gasteiger partial charge in [0.2, 0.25) is 5.91 Å². The summed E-state index contributed by atoms with van der Waals surface area (Å²) in [5, 5.41) is 16.3. The zero-order valence-electron chi connectivity index (χ0n) is 15.7.